The topological polar surface area (TPSA) is 44.1 Å². The third-order valence-corrected chi connectivity index (χ3v) is 3.22. The van der Waals surface area contributed by atoms with Crippen molar-refractivity contribution < 1.29 is 9.53 Å². The summed E-state index contributed by atoms with van der Waals surface area (Å²) in [6.07, 6.45) is 1.25. The second kappa shape index (κ2) is 6.37. The molecule has 0 bridgehead atoms. The van der Waals surface area contributed by atoms with Gasteiger partial charge >= 0.3 is 0 Å². The number of benzene rings is 1. The molecule has 0 radical (unpaired) electrons. The van der Waals surface area contributed by atoms with E-state index in [1.165, 1.54) is 0 Å². The molecular formula is C16H20N2O2. The van der Waals surface area contributed by atoms with Crippen molar-refractivity contribution in [2.24, 2.45) is 7.05 Å². The number of carbonyl (C=O) groups excluding carboxylic acids is 1. The molecule has 0 saturated heterocycles. The molecule has 0 aliphatic heterocycles. The van der Waals surface area contributed by atoms with Crippen molar-refractivity contribution >= 4 is 5.78 Å². The molecule has 106 valence electrons. The normalized spacial score (nSPS) is 10.6. The van der Waals surface area contributed by atoms with E-state index < -0.39 is 0 Å². The number of aromatic nitrogens is 2. The maximum absolute atomic E-state index is 12.3. The number of ether oxygens (including phenoxy) is 1. The van der Waals surface area contributed by atoms with Gasteiger partial charge in [0, 0.05) is 18.3 Å². The number of hydrogen-bond acceptors (Lipinski definition) is 3. The maximum Gasteiger partial charge on any atom is 0.168 e. The molecule has 0 amide bonds. The Morgan fingerprint density at radius 1 is 1.25 bits per heavy atom. The van der Waals surface area contributed by atoms with Gasteiger partial charge in [-0.15, -0.1) is 0 Å². The zero-order valence-electron chi connectivity index (χ0n) is 12.2. The van der Waals surface area contributed by atoms with Gasteiger partial charge in [-0.1, -0.05) is 6.92 Å². The molecule has 0 aliphatic rings. The molecule has 2 aromatic rings. The van der Waals surface area contributed by atoms with Crippen LogP contribution in [-0.2, 0) is 19.9 Å². The summed E-state index contributed by atoms with van der Waals surface area (Å²) in [6, 6.07) is 9.27. The first-order valence-corrected chi connectivity index (χ1v) is 6.91. The minimum absolute atomic E-state index is 0.0960. The van der Waals surface area contributed by atoms with E-state index in [2.05, 4.69) is 12.0 Å². The standard InChI is InChI=1S/C16H20N2O2/c1-4-13-10-14(18(3)17-13)11-16(19)12-6-8-15(9-7-12)20-5-2/h6-10H,4-5,11H2,1-3H3. The Morgan fingerprint density at radius 2 is 1.95 bits per heavy atom. The molecule has 0 saturated carbocycles. The Kier molecular flexibility index (Phi) is 4.56. The zero-order valence-corrected chi connectivity index (χ0v) is 12.2. The third kappa shape index (κ3) is 3.26. The van der Waals surface area contributed by atoms with Crippen LogP contribution in [0, 0.1) is 0 Å². The van der Waals surface area contributed by atoms with E-state index in [0.717, 1.165) is 23.6 Å². The van der Waals surface area contributed by atoms with Crippen LogP contribution in [0.15, 0.2) is 30.3 Å². The Balaban J connectivity index is 2.09. The van der Waals surface area contributed by atoms with Crippen molar-refractivity contribution in [1.29, 1.82) is 0 Å². The molecule has 1 aromatic carbocycles. The molecule has 0 fully saturated rings. The van der Waals surface area contributed by atoms with E-state index in [1.807, 2.05) is 44.3 Å². The van der Waals surface area contributed by atoms with E-state index in [9.17, 15) is 4.79 Å². The summed E-state index contributed by atoms with van der Waals surface area (Å²) in [4.78, 5) is 12.3. The number of Topliss-reactive ketones (excluding diaryl/α,β-unsaturated/α-hetero) is 1. The summed E-state index contributed by atoms with van der Waals surface area (Å²) >= 11 is 0. The van der Waals surface area contributed by atoms with Crippen LogP contribution in [0.3, 0.4) is 0 Å². The molecule has 0 unspecified atom stereocenters. The first-order chi connectivity index (χ1) is 9.63. The lowest BCUT2D eigenvalue weighted by Crippen LogP contribution is -2.07. The van der Waals surface area contributed by atoms with Crippen LogP contribution in [0.2, 0.25) is 0 Å². The van der Waals surface area contributed by atoms with Crippen LogP contribution < -0.4 is 4.74 Å². The molecule has 1 aromatic heterocycles. The van der Waals surface area contributed by atoms with E-state index >= 15 is 0 Å². The number of ketones is 1. The molecule has 0 spiro atoms. The number of aryl methyl sites for hydroxylation is 2. The highest BCUT2D eigenvalue weighted by atomic mass is 16.5. The van der Waals surface area contributed by atoms with Crippen molar-refractivity contribution in [2.45, 2.75) is 26.7 Å². The van der Waals surface area contributed by atoms with Gasteiger partial charge in [-0.3, -0.25) is 9.48 Å². The Morgan fingerprint density at radius 3 is 2.50 bits per heavy atom. The van der Waals surface area contributed by atoms with Crippen LogP contribution in [-0.4, -0.2) is 22.2 Å². The number of rotatable bonds is 6. The molecule has 2 rings (SSSR count). The van der Waals surface area contributed by atoms with Gasteiger partial charge in [0.1, 0.15) is 5.75 Å². The average molecular weight is 272 g/mol. The van der Waals surface area contributed by atoms with Gasteiger partial charge < -0.3 is 4.74 Å². The van der Waals surface area contributed by atoms with Gasteiger partial charge in [-0.2, -0.15) is 5.10 Å². The smallest absolute Gasteiger partial charge is 0.168 e. The van der Waals surface area contributed by atoms with Crippen LogP contribution in [0.4, 0.5) is 0 Å². The Labute approximate surface area is 119 Å². The summed E-state index contributed by atoms with van der Waals surface area (Å²) in [5.41, 5.74) is 2.66. The fourth-order valence-electron chi connectivity index (χ4n) is 2.08. The lowest BCUT2D eigenvalue weighted by Gasteiger charge is -2.05. The van der Waals surface area contributed by atoms with Crippen molar-refractivity contribution in [3.8, 4) is 5.75 Å². The lowest BCUT2D eigenvalue weighted by atomic mass is 10.1. The average Bonchev–Trinajstić information content (AvgIpc) is 2.80. The summed E-state index contributed by atoms with van der Waals surface area (Å²) in [5.74, 6) is 0.886. The van der Waals surface area contributed by atoms with Crippen LogP contribution in [0.1, 0.15) is 35.6 Å². The first-order valence-electron chi connectivity index (χ1n) is 6.91. The van der Waals surface area contributed by atoms with Crippen LogP contribution in [0.25, 0.3) is 0 Å². The molecule has 4 nitrogen and oxygen atoms in total. The predicted octanol–water partition coefficient (Wildman–Crippen LogP) is 2.81. The van der Waals surface area contributed by atoms with Crippen molar-refractivity contribution in [2.75, 3.05) is 6.61 Å². The van der Waals surface area contributed by atoms with Gasteiger partial charge in [-0.25, -0.2) is 0 Å². The molecule has 0 N–H and O–H groups in total. The van der Waals surface area contributed by atoms with Crippen LogP contribution in [0.5, 0.6) is 5.75 Å². The molecule has 0 aliphatic carbocycles. The highest BCUT2D eigenvalue weighted by Crippen LogP contribution is 2.14. The first kappa shape index (κ1) is 14.3. The minimum Gasteiger partial charge on any atom is -0.494 e. The van der Waals surface area contributed by atoms with E-state index in [4.69, 9.17) is 4.74 Å². The van der Waals surface area contributed by atoms with Gasteiger partial charge in [0.05, 0.1) is 18.7 Å². The lowest BCUT2D eigenvalue weighted by molar-refractivity contribution is 0.0990. The van der Waals surface area contributed by atoms with Gasteiger partial charge in [-0.05, 0) is 43.7 Å². The predicted molar refractivity (Wildman–Crippen MR) is 78.2 cm³/mol. The second-order valence-electron chi connectivity index (χ2n) is 4.66. The minimum atomic E-state index is 0.0960. The Bertz CT molecular complexity index is 585. The van der Waals surface area contributed by atoms with Gasteiger partial charge in [0.25, 0.3) is 0 Å². The summed E-state index contributed by atoms with van der Waals surface area (Å²) in [6.45, 7) is 4.62. The van der Waals surface area contributed by atoms with Crippen LogP contribution >= 0.6 is 0 Å². The van der Waals surface area contributed by atoms with Gasteiger partial charge in [0.15, 0.2) is 5.78 Å². The third-order valence-electron chi connectivity index (χ3n) is 3.22. The number of nitrogens with zero attached hydrogens (tertiary/aromatic N) is 2. The number of carbonyl (C=O) groups is 1. The quantitative estimate of drug-likeness (QED) is 0.759. The summed E-state index contributed by atoms with van der Waals surface area (Å²) < 4.78 is 7.15. The fraction of sp³-hybridized carbons (Fsp3) is 0.375. The maximum atomic E-state index is 12.3. The van der Waals surface area contributed by atoms with Gasteiger partial charge in [0.2, 0.25) is 0 Å². The Hall–Kier alpha value is -2.10. The van der Waals surface area contributed by atoms with Crippen molar-refractivity contribution in [3.05, 3.63) is 47.3 Å². The SMILES string of the molecule is CCOc1ccc(C(=O)Cc2cc(CC)nn2C)cc1. The summed E-state index contributed by atoms with van der Waals surface area (Å²) in [5, 5.41) is 4.36. The number of hydrogen-bond donors (Lipinski definition) is 0. The molecule has 1 heterocycles. The second-order valence-corrected chi connectivity index (χ2v) is 4.66. The highest BCUT2D eigenvalue weighted by Gasteiger charge is 2.11. The molecular weight excluding hydrogens is 252 g/mol. The fourth-order valence-corrected chi connectivity index (χ4v) is 2.08. The molecule has 4 heteroatoms. The van der Waals surface area contributed by atoms with E-state index in [0.29, 0.717) is 18.6 Å². The highest BCUT2D eigenvalue weighted by molar-refractivity contribution is 5.97. The largest absolute Gasteiger partial charge is 0.494 e. The zero-order chi connectivity index (χ0) is 14.5. The monoisotopic (exact) mass is 272 g/mol. The van der Waals surface area contributed by atoms with E-state index in [1.54, 1.807) is 4.68 Å². The van der Waals surface area contributed by atoms with E-state index in [-0.39, 0.29) is 5.78 Å². The molecule has 20 heavy (non-hydrogen) atoms. The summed E-state index contributed by atoms with van der Waals surface area (Å²) in [7, 11) is 1.87. The van der Waals surface area contributed by atoms with Crippen molar-refractivity contribution in [1.82, 2.24) is 9.78 Å². The molecule has 0 atom stereocenters. The van der Waals surface area contributed by atoms with Crippen molar-refractivity contribution in [3.63, 3.8) is 0 Å².